The molecule has 6 aromatic rings. The lowest BCUT2D eigenvalue weighted by Gasteiger charge is -2.20. The molecule has 0 bridgehead atoms. The number of carboxylic acids is 1. The maximum atomic E-state index is 14.0. The van der Waals surface area contributed by atoms with Crippen LogP contribution in [0.15, 0.2) is 134 Å². The Labute approximate surface area is 255 Å². The number of para-hydroxylation sites is 1. The van der Waals surface area contributed by atoms with Gasteiger partial charge in [-0.05, 0) is 83.6 Å². The molecule has 1 amide bonds. The Hall–Kier alpha value is -5.62. The Morgan fingerprint density at radius 3 is 2.16 bits per heavy atom. The predicted molar refractivity (Wildman–Crippen MR) is 174 cm³/mol. The number of anilines is 2. The molecule has 5 aromatic carbocycles. The molecule has 1 fully saturated rings. The summed E-state index contributed by atoms with van der Waals surface area (Å²) in [4.78, 5) is 25.4. The SMILES string of the molecule is O=C(O)c1ccc(C2(NC(=O)c3ccc(Nc4ccccc4)c4ccn(Cc5cccc(-c6ccccc6)c5)c34)CC2)cc1. The van der Waals surface area contributed by atoms with Crippen LogP contribution in [0.2, 0.25) is 0 Å². The molecule has 6 nitrogen and oxygen atoms in total. The molecule has 6 heteroatoms. The summed E-state index contributed by atoms with van der Waals surface area (Å²) in [5.74, 6) is -1.12. The molecule has 1 saturated carbocycles. The van der Waals surface area contributed by atoms with Crippen LogP contribution in [0.1, 0.15) is 44.7 Å². The van der Waals surface area contributed by atoms with Gasteiger partial charge < -0.3 is 20.3 Å². The molecule has 0 unspecified atom stereocenters. The first-order valence-corrected chi connectivity index (χ1v) is 14.7. The molecule has 1 aliphatic carbocycles. The molecular formula is C38H31N3O3. The highest BCUT2D eigenvalue weighted by atomic mass is 16.4. The van der Waals surface area contributed by atoms with E-state index in [1.807, 2.05) is 79.0 Å². The molecular weight excluding hydrogens is 546 g/mol. The van der Waals surface area contributed by atoms with Crippen molar-refractivity contribution in [2.24, 2.45) is 0 Å². The molecule has 0 spiro atoms. The number of nitrogens with one attached hydrogen (secondary N) is 2. The summed E-state index contributed by atoms with van der Waals surface area (Å²) in [5, 5.41) is 17.1. The van der Waals surface area contributed by atoms with Gasteiger partial charge in [0, 0.05) is 29.5 Å². The molecule has 216 valence electrons. The first-order chi connectivity index (χ1) is 21.5. The number of rotatable bonds is 9. The lowest BCUT2D eigenvalue weighted by molar-refractivity contribution is 0.0696. The summed E-state index contributed by atoms with van der Waals surface area (Å²) in [6, 6.07) is 41.6. The van der Waals surface area contributed by atoms with Gasteiger partial charge in [0.05, 0.1) is 22.2 Å². The average Bonchev–Trinajstić information content (AvgIpc) is 3.73. The summed E-state index contributed by atoms with van der Waals surface area (Å²) in [6.07, 6.45) is 3.65. The normalized spacial score (nSPS) is 13.4. The number of carboxylic acid groups (broad SMARTS) is 1. The van der Waals surface area contributed by atoms with Crippen LogP contribution >= 0.6 is 0 Å². The van der Waals surface area contributed by atoms with Gasteiger partial charge in [-0.1, -0.05) is 78.9 Å². The van der Waals surface area contributed by atoms with Crippen molar-refractivity contribution in [1.29, 1.82) is 0 Å². The molecule has 0 aliphatic heterocycles. The second kappa shape index (κ2) is 11.2. The van der Waals surface area contributed by atoms with Gasteiger partial charge in [-0.15, -0.1) is 0 Å². The highest BCUT2D eigenvalue weighted by Crippen LogP contribution is 2.46. The Bertz CT molecular complexity index is 1980. The second-order valence-electron chi connectivity index (χ2n) is 11.3. The number of fused-ring (bicyclic) bond motifs is 1. The van der Waals surface area contributed by atoms with E-state index in [9.17, 15) is 14.7 Å². The molecule has 0 atom stereocenters. The standard InChI is InChI=1S/C38H31N3O3/c42-36(40-38(21-22-38)30-16-14-28(15-17-30)37(43)44)33-18-19-34(39-31-12-5-2-6-13-31)32-20-23-41(35(32)33)25-26-8-7-11-29(24-26)27-9-3-1-4-10-27/h1-20,23-24,39H,21-22,25H2,(H,40,42)(H,43,44). The Morgan fingerprint density at radius 2 is 1.45 bits per heavy atom. The summed E-state index contributed by atoms with van der Waals surface area (Å²) in [6.45, 7) is 0.598. The molecule has 7 rings (SSSR count). The van der Waals surface area contributed by atoms with Crippen LogP contribution in [0.4, 0.5) is 11.4 Å². The number of hydrogen-bond donors (Lipinski definition) is 3. The van der Waals surface area contributed by atoms with Crippen molar-refractivity contribution < 1.29 is 14.7 Å². The first-order valence-electron chi connectivity index (χ1n) is 14.7. The third-order valence-corrected chi connectivity index (χ3v) is 8.40. The highest BCUT2D eigenvalue weighted by Gasteiger charge is 2.46. The van der Waals surface area contributed by atoms with Crippen LogP contribution in [-0.2, 0) is 12.1 Å². The summed E-state index contributed by atoms with van der Waals surface area (Å²) < 4.78 is 2.14. The average molecular weight is 578 g/mol. The minimum absolute atomic E-state index is 0.154. The third-order valence-electron chi connectivity index (χ3n) is 8.40. The van der Waals surface area contributed by atoms with Crippen molar-refractivity contribution in [2.75, 3.05) is 5.32 Å². The molecule has 3 N–H and O–H groups in total. The first kappa shape index (κ1) is 27.2. The Morgan fingerprint density at radius 1 is 0.750 bits per heavy atom. The van der Waals surface area contributed by atoms with Crippen molar-refractivity contribution in [3.63, 3.8) is 0 Å². The van der Waals surface area contributed by atoms with Gasteiger partial charge in [-0.25, -0.2) is 4.79 Å². The summed E-state index contributed by atoms with van der Waals surface area (Å²) in [5.41, 5.74) is 7.43. The zero-order valence-electron chi connectivity index (χ0n) is 24.0. The van der Waals surface area contributed by atoms with E-state index in [-0.39, 0.29) is 11.5 Å². The minimum atomic E-state index is -0.966. The second-order valence-corrected chi connectivity index (χ2v) is 11.3. The lowest BCUT2D eigenvalue weighted by atomic mass is 10.0. The molecule has 1 aromatic heterocycles. The number of hydrogen-bond acceptors (Lipinski definition) is 3. The quantitative estimate of drug-likeness (QED) is 0.162. The molecule has 44 heavy (non-hydrogen) atoms. The number of aromatic carboxylic acids is 1. The van der Waals surface area contributed by atoms with Crippen molar-refractivity contribution in [2.45, 2.75) is 24.9 Å². The van der Waals surface area contributed by atoms with Crippen LogP contribution in [0.5, 0.6) is 0 Å². The highest BCUT2D eigenvalue weighted by molar-refractivity contribution is 6.10. The molecule has 1 heterocycles. The van der Waals surface area contributed by atoms with Gasteiger partial charge in [-0.2, -0.15) is 0 Å². The number of carbonyl (C=O) groups is 2. The van der Waals surface area contributed by atoms with E-state index in [0.29, 0.717) is 12.1 Å². The van der Waals surface area contributed by atoms with Gasteiger partial charge in [0.2, 0.25) is 0 Å². The molecule has 0 radical (unpaired) electrons. The van der Waals surface area contributed by atoms with E-state index in [4.69, 9.17) is 0 Å². The minimum Gasteiger partial charge on any atom is -0.478 e. The number of carbonyl (C=O) groups excluding carboxylic acids is 1. The van der Waals surface area contributed by atoms with Crippen LogP contribution in [0, 0.1) is 0 Å². The van der Waals surface area contributed by atoms with Gasteiger partial charge in [0.25, 0.3) is 5.91 Å². The van der Waals surface area contributed by atoms with E-state index in [2.05, 4.69) is 57.7 Å². The summed E-state index contributed by atoms with van der Waals surface area (Å²) in [7, 11) is 0. The zero-order valence-corrected chi connectivity index (χ0v) is 24.0. The van der Waals surface area contributed by atoms with E-state index >= 15 is 0 Å². The molecule has 0 saturated heterocycles. The third kappa shape index (κ3) is 5.34. The van der Waals surface area contributed by atoms with E-state index in [1.165, 1.54) is 0 Å². The monoisotopic (exact) mass is 577 g/mol. The van der Waals surface area contributed by atoms with Gasteiger partial charge in [0.1, 0.15) is 0 Å². The maximum Gasteiger partial charge on any atom is 0.335 e. The van der Waals surface area contributed by atoms with E-state index in [0.717, 1.165) is 57.4 Å². The largest absolute Gasteiger partial charge is 0.478 e. The fourth-order valence-corrected chi connectivity index (χ4v) is 5.93. The van der Waals surface area contributed by atoms with Crippen molar-refractivity contribution in [1.82, 2.24) is 9.88 Å². The van der Waals surface area contributed by atoms with E-state index < -0.39 is 11.5 Å². The van der Waals surface area contributed by atoms with Gasteiger partial charge in [0.15, 0.2) is 0 Å². The van der Waals surface area contributed by atoms with Crippen LogP contribution in [-0.4, -0.2) is 21.6 Å². The number of aromatic nitrogens is 1. The van der Waals surface area contributed by atoms with E-state index in [1.54, 1.807) is 12.1 Å². The van der Waals surface area contributed by atoms with Crippen LogP contribution < -0.4 is 10.6 Å². The topological polar surface area (TPSA) is 83.4 Å². The fourth-order valence-electron chi connectivity index (χ4n) is 5.93. The summed E-state index contributed by atoms with van der Waals surface area (Å²) >= 11 is 0. The van der Waals surface area contributed by atoms with Crippen molar-refractivity contribution in [3.8, 4) is 11.1 Å². The Balaban J connectivity index is 1.25. The predicted octanol–water partition coefficient (Wildman–Crippen LogP) is 8.22. The van der Waals surface area contributed by atoms with Gasteiger partial charge in [-0.3, -0.25) is 4.79 Å². The lowest BCUT2D eigenvalue weighted by Crippen LogP contribution is -2.35. The molecule has 1 aliphatic rings. The van der Waals surface area contributed by atoms with Gasteiger partial charge >= 0.3 is 5.97 Å². The van der Waals surface area contributed by atoms with Crippen molar-refractivity contribution in [3.05, 3.63) is 156 Å². The van der Waals surface area contributed by atoms with Crippen LogP contribution in [0.3, 0.4) is 0 Å². The van der Waals surface area contributed by atoms with Crippen LogP contribution in [0.25, 0.3) is 22.0 Å². The smallest absolute Gasteiger partial charge is 0.335 e. The maximum absolute atomic E-state index is 14.0. The number of amides is 1. The Kier molecular flexibility index (Phi) is 6.95. The van der Waals surface area contributed by atoms with Crippen molar-refractivity contribution >= 4 is 34.2 Å². The zero-order chi connectivity index (χ0) is 30.1. The number of nitrogens with zero attached hydrogens (tertiary/aromatic N) is 1. The fraction of sp³-hybridized carbons (Fsp3) is 0.105. The number of benzene rings is 5.